The molecule has 0 spiro atoms. The second-order valence-electron chi connectivity index (χ2n) is 4.03. The molecule has 6 nitrogen and oxygen atoms in total. The van der Waals surface area contributed by atoms with Gasteiger partial charge in [-0.15, -0.1) is 6.42 Å². The summed E-state index contributed by atoms with van der Waals surface area (Å²) in [6, 6.07) is 3.73. The number of hydrogen-bond acceptors (Lipinski definition) is 4. The van der Waals surface area contributed by atoms with Crippen LogP contribution in [0.3, 0.4) is 0 Å². The number of aromatic carboxylic acids is 1. The minimum absolute atomic E-state index is 0.0670. The Balaban J connectivity index is 3.09. The van der Waals surface area contributed by atoms with Crippen LogP contribution in [0.5, 0.6) is 0 Å². The molecule has 0 atom stereocenters. The van der Waals surface area contributed by atoms with Crippen molar-refractivity contribution in [2.24, 2.45) is 0 Å². The van der Waals surface area contributed by atoms with Crippen molar-refractivity contribution in [3.8, 4) is 12.3 Å². The number of carbonyl (C=O) groups excluding carboxylic acids is 1. The van der Waals surface area contributed by atoms with E-state index >= 15 is 0 Å². The summed E-state index contributed by atoms with van der Waals surface area (Å²) < 4.78 is 24.2. The summed E-state index contributed by atoms with van der Waals surface area (Å²) in [6.45, 7) is 1.46. The van der Waals surface area contributed by atoms with Gasteiger partial charge in [-0.2, -0.15) is 0 Å². The molecule has 7 heteroatoms. The molecule has 1 aromatic carbocycles. The number of amides is 1. The van der Waals surface area contributed by atoms with E-state index in [0.717, 1.165) is 6.07 Å². The number of sulfone groups is 1. The predicted molar refractivity (Wildman–Crippen MR) is 72.0 cm³/mol. The molecule has 0 bridgehead atoms. The summed E-state index contributed by atoms with van der Waals surface area (Å²) in [4.78, 5) is 22.1. The maximum atomic E-state index is 12.1. The predicted octanol–water partition coefficient (Wildman–Crippen LogP) is 0.216. The van der Waals surface area contributed by atoms with E-state index in [4.69, 9.17) is 11.5 Å². The maximum Gasteiger partial charge on any atom is 0.335 e. The van der Waals surface area contributed by atoms with Crippen molar-refractivity contribution in [3.05, 3.63) is 29.3 Å². The first-order chi connectivity index (χ1) is 9.27. The van der Waals surface area contributed by atoms with Crippen LogP contribution < -0.4 is 5.32 Å². The zero-order valence-electron chi connectivity index (χ0n) is 10.7. The summed E-state index contributed by atoms with van der Waals surface area (Å²) in [6.07, 6.45) is 4.95. The molecule has 1 rings (SSSR count). The Morgan fingerprint density at radius 3 is 2.60 bits per heavy atom. The highest BCUT2D eigenvalue weighted by atomic mass is 32.2. The monoisotopic (exact) mass is 295 g/mol. The average Bonchev–Trinajstić information content (AvgIpc) is 2.35. The molecular formula is C13H13NO5S. The van der Waals surface area contributed by atoms with Gasteiger partial charge in [0.15, 0.2) is 9.84 Å². The Bertz CT molecular complexity index is 685. The molecule has 1 amide bonds. The SMILES string of the molecule is C#CCNC(=O)CS(=O)(=O)c1cc(C(=O)O)ccc1C. The van der Waals surface area contributed by atoms with Crippen LogP contribution in [0.15, 0.2) is 23.1 Å². The number of hydrogen-bond donors (Lipinski definition) is 2. The highest BCUT2D eigenvalue weighted by Crippen LogP contribution is 2.18. The first kappa shape index (κ1) is 15.7. The molecule has 1 aromatic rings. The van der Waals surface area contributed by atoms with Gasteiger partial charge in [0, 0.05) is 0 Å². The van der Waals surface area contributed by atoms with Crippen molar-refractivity contribution in [2.75, 3.05) is 12.3 Å². The van der Waals surface area contributed by atoms with E-state index in [2.05, 4.69) is 11.2 Å². The first-order valence-electron chi connectivity index (χ1n) is 5.55. The number of benzene rings is 1. The Labute approximate surface area is 116 Å². The third-order valence-electron chi connectivity index (χ3n) is 2.48. The maximum absolute atomic E-state index is 12.1. The van der Waals surface area contributed by atoms with E-state index in [1.54, 1.807) is 0 Å². The zero-order chi connectivity index (χ0) is 15.3. The number of carbonyl (C=O) groups is 2. The number of nitrogens with one attached hydrogen (secondary N) is 1. The Hall–Kier alpha value is -2.33. The molecule has 0 unspecified atom stereocenters. The van der Waals surface area contributed by atoms with Crippen molar-refractivity contribution >= 4 is 21.7 Å². The fourth-order valence-electron chi connectivity index (χ4n) is 1.52. The lowest BCUT2D eigenvalue weighted by Crippen LogP contribution is -2.30. The van der Waals surface area contributed by atoms with E-state index in [1.165, 1.54) is 19.1 Å². The number of terminal acetylenes is 1. The van der Waals surface area contributed by atoms with Gasteiger partial charge in [-0.1, -0.05) is 12.0 Å². The minimum Gasteiger partial charge on any atom is -0.478 e. The smallest absolute Gasteiger partial charge is 0.335 e. The molecule has 0 heterocycles. The molecule has 0 aromatic heterocycles. The Morgan fingerprint density at radius 2 is 2.05 bits per heavy atom. The fourth-order valence-corrected chi connectivity index (χ4v) is 2.99. The van der Waals surface area contributed by atoms with Crippen molar-refractivity contribution < 1.29 is 23.1 Å². The molecule has 0 saturated carbocycles. The second kappa shape index (κ2) is 6.21. The highest BCUT2D eigenvalue weighted by molar-refractivity contribution is 7.92. The van der Waals surface area contributed by atoms with E-state index in [1.807, 2.05) is 0 Å². The van der Waals surface area contributed by atoms with Crippen LogP contribution in [0.1, 0.15) is 15.9 Å². The number of carboxylic acids is 1. The van der Waals surface area contributed by atoms with E-state index in [0.29, 0.717) is 5.56 Å². The summed E-state index contributed by atoms with van der Waals surface area (Å²) in [7, 11) is -3.92. The average molecular weight is 295 g/mol. The van der Waals surface area contributed by atoms with Crippen molar-refractivity contribution in [1.82, 2.24) is 5.32 Å². The Morgan fingerprint density at radius 1 is 1.40 bits per heavy atom. The lowest BCUT2D eigenvalue weighted by molar-refractivity contribution is -0.118. The summed E-state index contributed by atoms with van der Waals surface area (Å²) in [5.74, 6) is -0.595. The third-order valence-corrected chi connectivity index (χ3v) is 4.23. The summed E-state index contributed by atoms with van der Waals surface area (Å²) in [5.41, 5.74) is 0.220. The molecule has 0 fully saturated rings. The number of carboxylic acid groups (broad SMARTS) is 1. The van der Waals surface area contributed by atoms with Gasteiger partial charge in [-0.25, -0.2) is 13.2 Å². The van der Waals surface area contributed by atoms with Gasteiger partial charge in [0.2, 0.25) is 5.91 Å². The van der Waals surface area contributed by atoms with Crippen molar-refractivity contribution in [3.63, 3.8) is 0 Å². The van der Waals surface area contributed by atoms with Crippen LogP contribution in [0, 0.1) is 19.3 Å². The molecule has 2 N–H and O–H groups in total. The molecule has 20 heavy (non-hydrogen) atoms. The normalized spacial score (nSPS) is 10.6. The van der Waals surface area contributed by atoms with Gasteiger partial charge < -0.3 is 10.4 Å². The second-order valence-corrected chi connectivity index (χ2v) is 5.98. The largest absolute Gasteiger partial charge is 0.478 e. The molecule has 106 valence electrons. The van der Waals surface area contributed by atoms with Gasteiger partial charge in [0.1, 0.15) is 5.75 Å². The van der Waals surface area contributed by atoms with E-state index < -0.39 is 27.5 Å². The summed E-state index contributed by atoms with van der Waals surface area (Å²) in [5, 5.41) is 11.1. The van der Waals surface area contributed by atoms with Crippen LogP contribution in [0.25, 0.3) is 0 Å². The molecule has 0 saturated heterocycles. The van der Waals surface area contributed by atoms with Crippen molar-refractivity contribution in [2.45, 2.75) is 11.8 Å². The Kier molecular flexibility index (Phi) is 4.88. The van der Waals surface area contributed by atoms with Gasteiger partial charge in [-0.3, -0.25) is 4.79 Å². The lowest BCUT2D eigenvalue weighted by atomic mass is 10.1. The van der Waals surface area contributed by atoms with E-state index in [-0.39, 0.29) is 17.0 Å². The van der Waals surface area contributed by atoms with Crippen LogP contribution in [0.2, 0.25) is 0 Å². The molecule has 0 aliphatic carbocycles. The van der Waals surface area contributed by atoms with E-state index in [9.17, 15) is 18.0 Å². The quantitative estimate of drug-likeness (QED) is 0.757. The molecule has 0 radical (unpaired) electrons. The van der Waals surface area contributed by atoms with Crippen LogP contribution >= 0.6 is 0 Å². The van der Waals surface area contributed by atoms with Crippen LogP contribution in [-0.4, -0.2) is 37.7 Å². The van der Waals surface area contributed by atoms with Gasteiger partial charge in [0.05, 0.1) is 17.0 Å². The fraction of sp³-hybridized carbons (Fsp3) is 0.231. The number of rotatable bonds is 5. The standard InChI is InChI=1S/C13H13NO5S/c1-3-6-14-12(15)8-20(18,19)11-7-10(13(16)17)5-4-9(11)2/h1,4-5,7H,6,8H2,2H3,(H,14,15)(H,16,17). The van der Waals surface area contributed by atoms with Gasteiger partial charge >= 0.3 is 5.97 Å². The topological polar surface area (TPSA) is 101 Å². The number of aryl methyl sites for hydroxylation is 1. The third kappa shape index (κ3) is 3.83. The lowest BCUT2D eigenvalue weighted by Gasteiger charge is -2.08. The van der Waals surface area contributed by atoms with Gasteiger partial charge in [0.25, 0.3) is 0 Å². The summed E-state index contributed by atoms with van der Waals surface area (Å²) >= 11 is 0. The highest BCUT2D eigenvalue weighted by Gasteiger charge is 2.22. The minimum atomic E-state index is -3.92. The molecule has 0 aliphatic heterocycles. The molecule has 0 aliphatic rings. The first-order valence-corrected chi connectivity index (χ1v) is 7.20. The van der Waals surface area contributed by atoms with Crippen LogP contribution in [0.4, 0.5) is 0 Å². The van der Waals surface area contributed by atoms with Gasteiger partial charge in [-0.05, 0) is 24.6 Å². The molecular weight excluding hydrogens is 282 g/mol. The zero-order valence-corrected chi connectivity index (χ0v) is 11.5. The van der Waals surface area contributed by atoms with Crippen molar-refractivity contribution in [1.29, 1.82) is 0 Å². The van der Waals surface area contributed by atoms with Crippen LogP contribution in [-0.2, 0) is 14.6 Å².